The molecule has 19 heavy (non-hydrogen) atoms. The molecule has 2 heterocycles. The maximum absolute atomic E-state index is 9.40. The summed E-state index contributed by atoms with van der Waals surface area (Å²) in [4.78, 5) is 7.67. The molecule has 0 aliphatic carbocycles. The summed E-state index contributed by atoms with van der Waals surface area (Å²) in [6.07, 6.45) is 1.61. The van der Waals surface area contributed by atoms with Crippen LogP contribution in [0.3, 0.4) is 0 Å². The number of anilines is 1. The predicted molar refractivity (Wildman–Crippen MR) is 76.6 cm³/mol. The van der Waals surface area contributed by atoms with E-state index in [4.69, 9.17) is 4.42 Å². The van der Waals surface area contributed by atoms with Crippen molar-refractivity contribution in [2.75, 3.05) is 25.6 Å². The van der Waals surface area contributed by atoms with Crippen molar-refractivity contribution in [2.24, 2.45) is 0 Å². The molecule has 2 aromatic rings. The van der Waals surface area contributed by atoms with E-state index in [1.54, 1.807) is 17.6 Å². The summed E-state index contributed by atoms with van der Waals surface area (Å²) < 4.78 is 5.31. The van der Waals surface area contributed by atoms with Crippen LogP contribution in [0, 0.1) is 6.92 Å². The van der Waals surface area contributed by atoms with Crippen molar-refractivity contribution in [3.05, 3.63) is 34.7 Å². The molecule has 0 saturated heterocycles. The Labute approximate surface area is 116 Å². The van der Waals surface area contributed by atoms with E-state index < -0.39 is 0 Å². The van der Waals surface area contributed by atoms with Crippen LogP contribution >= 0.6 is 11.3 Å². The average Bonchev–Trinajstić information content (AvgIpc) is 3.00. The van der Waals surface area contributed by atoms with Gasteiger partial charge in [0.05, 0.1) is 24.6 Å². The lowest BCUT2D eigenvalue weighted by Gasteiger charge is -2.13. The number of hydrogen-bond donors (Lipinski definition) is 2. The van der Waals surface area contributed by atoms with E-state index in [2.05, 4.69) is 10.3 Å². The quantitative estimate of drug-likeness (QED) is 0.847. The average molecular weight is 281 g/mol. The summed E-state index contributed by atoms with van der Waals surface area (Å²) in [6, 6.07) is 3.50. The van der Waals surface area contributed by atoms with Gasteiger partial charge in [-0.25, -0.2) is 4.98 Å². The maximum atomic E-state index is 9.40. The van der Waals surface area contributed by atoms with Crippen molar-refractivity contribution in [2.45, 2.75) is 19.5 Å². The normalized spacial score (nSPS) is 12.6. The first kappa shape index (κ1) is 14.0. The van der Waals surface area contributed by atoms with E-state index in [-0.39, 0.29) is 12.6 Å². The van der Waals surface area contributed by atoms with Crippen LogP contribution in [-0.4, -0.2) is 30.8 Å². The minimum Gasteiger partial charge on any atom is -0.468 e. The van der Waals surface area contributed by atoms with Crippen molar-refractivity contribution in [3.63, 3.8) is 0 Å². The molecule has 0 fully saturated rings. The zero-order valence-corrected chi connectivity index (χ0v) is 12.2. The van der Waals surface area contributed by atoms with Gasteiger partial charge in [-0.05, 0) is 19.1 Å². The second kappa shape index (κ2) is 6.18. The fourth-order valence-electron chi connectivity index (χ4n) is 1.73. The van der Waals surface area contributed by atoms with Gasteiger partial charge in [0.25, 0.3) is 0 Å². The van der Waals surface area contributed by atoms with Gasteiger partial charge in [0.1, 0.15) is 5.76 Å². The number of aryl methyl sites for hydroxylation is 1. The van der Waals surface area contributed by atoms with Crippen LogP contribution in [-0.2, 0) is 6.54 Å². The van der Waals surface area contributed by atoms with E-state index >= 15 is 0 Å². The molecule has 1 unspecified atom stereocenters. The summed E-state index contributed by atoms with van der Waals surface area (Å²) in [5.74, 6) is 0.748. The standard InChI is InChI=1S/C13H19N3O2S/c1-9-12(19-13(15-9)16(2)3)7-14-10(8-17)11-5-4-6-18-11/h4-6,10,14,17H,7-8H2,1-3H3. The summed E-state index contributed by atoms with van der Waals surface area (Å²) in [7, 11) is 3.96. The highest BCUT2D eigenvalue weighted by molar-refractivity contribution is 7.15. The first-order valence-electron chi connectivity index (χ1n) is 6.13. The van der Waals surface area contributed by atoms with Crippen LogP contribution in [0.1, 0.15) is 22.4 Å². The molecule has 5 nitrogen and oxygen atoms in total. The van der Waals surface area contributed by atoms with Crippen LogP contribution in [0.2, 0.25) is 0 Å². The largest absolute Gasteiger partial charge is 0.468 e. The van der Waals surface area contributed by atoms with E-state index in [0.717, 1.165) is 16.6 Å². The molecule has 2 N–H and O–H groups in total. The van der Waals surface area contributed by atoms with Crippen molar-refractivity contribution < 1.29 is 9.52 Å². The third kappa shape index (κ3) is 3.34. The molecule has 0 radical (unpaired) electrons. The molecule has 0 aromatic carbocycles. The van der Waals surface area contributed by atoms with Gasteiger partial charge in [-0.2, -0.15) is 0 Å². The SMILES string of the molecule is Cc1nc(N(C)C)sc1CNC(CO)c1ccco1. The Hall–Kier alpha value is -1.37. The second-order valence-corrected chi connectivity index (χ2v) is 5.59. The van der Waals surface area contributed by atoms with E-state index in [1.807, 2.05) is 38.1 Å². The molecule has 2 aromatic heterocycles. The van der Waals surface area contributed by atoms with Gasteiger partial charge in [0.15, 0.2) is 5.13 Å². The molecule has 1 atom stereocenters. The van der Waals surface area contributed by atoms with Crippen LogP contribution in [0.5, 0.6) is 0 Å². The Morgan fingerprint density at radius 3 is 2.84 bits per heavy atom. The first-order valence-corrected chi connectivity index (χ1v) is 6.94. The fourth-order valence-corrected chi connectivity index (χ4v) is 2.66. The molecule has 0 saturated carbocycles. The lowest BCUT2D eigenvalue weighted by molar-refractivity contribution is 0.225. The molecular weight excluding hydrogens is 262 g/mol. The zero-order valence-electron chi connectivity index (χ0n) is 11.4. The lowest BCUT2D eigenvalue weighted by atomic mass is 10.2. The molecule has 0 amide bonds. The minimum absolute atomic E-state index is 0.00586. The number of rotatable bonds is 6. The van der Waals surface area contributed by atoms with Gasteiger partial charge < -0.3 is 19.7 Å². The topological polar surface area (TPSA) is 61.5 Å². The second-order valence-electron chi connectivity index (χ2n) is 4.53. The van der Waals surface area contributed by atoms with Gasteiger partial charge in [0.2, 0.25) is 0 Å². The third-order valence-corrected chi connectivity index (χ3v) is 4.17. The molecule has 0 aliphatic rings. The van der Waals surface area contributed by atoms with Crippen LogP contribution in [0.4, 0.5) is 5.13 Å². The summed E-state index contributed by atoms with van der Waals surface area (Å²) >= 11 is 1.66. The molecule has 104 valence electrons. The van der Waals surface area contributed by atoms with Gasteiger partial charge >= 0.3 is 0 Å². The highest BCUT2D eigenvalue weighted by atomic mass is 32.1. The monoisotopic (exact) mass is 281 g/mol. The van der Waals surface area contributed by atoms with Crippen LogP contribution in [0.15, 0.2) is 22.8 Å². The van der Waals surface area contributed by atoms with Gasteiger partial charge in [-0.15, -0.1) is 11.3 Å². The number of thiazole rings is 1. The zero-order chi connectivity index (χ0) is 13.8. The number of hydrogen-bond acceptors (Lipinski definition) is 6. The van der Waals surface area contributed by atoms with Crippen molar-refractivity contribution in [1.82, 2.24) is 10.3 Å². The van der Waals surface area contributed by atoms with E-state index in [9.17, 15) is 5.11 Å². The lowest BCUT2D eigenvalue weighted by Crippen LogP contribution is -2.23. The Morgan fingerprint density at radius 2 is 2.32 bits per heavy atom. The van der Waals surface area contributed by atoms with E-state index in [0.29, 0.717) is 6.54 Å². The number of aliphatic hydroxyl groups is 1. The first-order chi connectivity index (χ1) is 9.11. The Balaban J connectivity index is 2.01. The molecule has 2 rings (SSSR count). The van der Waals surface area contributed by atoms with Crippen molar-refractivity contribution >= 4 is 16.5 Å². The van der Waals surface area contributed by atoms with Crippen LogP contribution in [0.25, 0.3) is 0 Å². The smallest absolute Gasteiger partial charge is 0.185 e. The maximum Gasteiger partial charge on any atom is 0.185 e. The van der Waals surface area contributed by atoms with Gasteiger partial charge in [-0.1, -0.05) is 0 Å². The number of furan rings is 1. The Morgan fingerprint density at radius 1 is 1.53 bits per heavy atom. The summed E-state index contributed by atoms with van der Waals surface area (Å²) in [5.41, 5.74) is 1.03. The molecular formula is C13H19N3O2S. The Kier molecular flexibility index (Phi) is 4.57. The minimum atomic E-state index is -0.181. The highest BCUT2D eigenvalue weighted by Crippen LogP contribution is 2.25. The number of nitrogens with zero attached hydrogens (tertiary/aromatic N) is 2. The number of aromatic nitrogens is 1. The van der Waals surface area contributed by atoms with Gasteiger partial charge in [0, 0.05) is 25.5 Å². The van der Waals surface area contributed by atoms with Crippen molar-refractivity contribution in [3.8, 4) is 0 Å². The summed E-state index contributed by atoms with van der Waals surface area (Å²) in [6.45, 7) is 2.68. The van der Waals surface area contributed by atoms with Crippen molar-refractivity contribution in [1.29, 1.82) is 0 Å². The molecule has 6 heteroatoms. The molecule has 0 aliphatic heterocycles. The molecule has 0 spiro atoms. The fraction of sp³-hybridized carbons (Fsp3) is 0.462. The third-order valence-electron chi connectivity index (χ3n) is 2.84. The van der Waals surface area contributed by atoms with Gasteiger partial charge in [-0.3, -0.25) is 0 Å². The van der Waals surface area contributed by atoms with E-state index in [1.165, 1.54) is 4.88 Å². The predicted octanol–water partition coefficient (Wildman–Crippen LogP) is 1.93. The molecule has 0 bridgehead atoms. The van der Waals surface area contributed by atoms with Crippen LogP contribution < -0.4 is 10.2 Å². The summed E-state index contributed by atoms with van der Waals surface area (Å²) in [5, 5.41) is 13.7. The number of nitrogens with one attached hydrogen (secondary N) is 1. The highest BCUT2D eigenvalue weighted by Gasteiger charge is 2.15. The Bertz CT molecular complexity index is 508. The number of aliphatic hydroxyl groups excluding tert-OH is 1.